The van der Waals surface area contributed by atoms with Crippen molar-refractivity contribution in [3.05, 3.63) is 41.0 Å². The Labute approximate surface area is 164 Å². The largest absolute Gasteiger partial charge is 0.461 e. The van der Waals surface area contributed by atoms with Gasteiger partial charge < -0.3 is 5.73 Å². The first-order valence-corrected chi connectivity index (χ1v) is 7.81. The van der Waals surface area contributed by atoms with E-state index < -0.39 is 53.0 Å². The maximum absolute atomic E-state index is 14.1. The molecule has 1 heterocycles. The zero-order chi connectivity index (χ0) is 24.2. The summed E-state index contributed by atoms with van der Waals surface area (Å²) in [4.78, 5) is 2.06. The van der Waals surface area contributed by atoms with Crippen LogP contribution in [0, 0.1) is 6.92 Å². The van der Waals surface area contributed by atoms with E-state index in [-0.39, 0.29) is 16.8 Å². The molecule has 0 aliphatic rings. The lowest BCUT2D eigenvalue weighted by Gasteiger charge is -2.27. The van der Waals surface area contributed by atoms with Crippen molar-refractivity contribution in [3.63, 3.8) is 0 Å². The summed E-state index contributed by atoms with van der Waals surface area (Å²) < 4.78 is 156. The fourth-order valence-corrected chi connectivity index (χ4v) is 2.27. The average Bonchev–Trinajstić information content (AvgIpc) is 3.01. The van der Waals surface area contributed by atoms with E-state index in [2.05, 4.69) is 10.1 Å². The van der Waals surface area contributed by atoms with Crippen molar-refractivity contribution in [3.8, 4) is 0 Å². The van der Waals surface area contributed by atoms with Gasteiger partial charge in [0.15, 0.2) is 0 Å². The lowest BCUT2D eigenvalue weighted by atomic mass is 10.1. The van der Waals surface area contributed by atoms with Gasteiger partial charge in [-0.2, -0.15) is 52.7 Å². The van der Waals surface area contributed by atoms with Crippen LogP contribution in [0.1, 0.15) is 22.8 Å². The first-order chi connectivity index (χ1) is 13.7. The third kappa shape index (κ3) is 4.11. The molecule has 4 nitrogen and oxygen atoms in total. The van der Waals surface area contributed by atoms with E-state index in [0.717, 1.165) is 18.2 Å². The molecule has 1 aromatic carbocycles. The molecule has 0 amide bonds. The highest BCUT2D eigenvalue weighted by molar-refractivity contribution is 5.47. The number of hydrogen-bond acceptors (Lipinski definition) is 3. The van der Waals surface area contributed by atoms with Crippen molar-refractivity contribution in [1.29, 1.82) is 0 Å². The molecule has 31 heavy (non-hydrogen) atoms. The zero-order valence-corrected chi connectivity index (χ0v) is 14.9. The van der Waals surface area contributed by atoms with Gasteiger partial charge in [-0.3, -0.25) is 0 Å². The lowest BCUT2D eigenvalue weighted by Crippen LogP contribution is -2.51. The molecule has 16 heteroatoms. The molecule has 0 aliphatic heterocycles. The molecule has 0 spiro atoms. The van der Waals surface area contributed by atoms with E-state index in [9.17, 15) is 52.7 Å². The SMILES string of the molecule is Cc1cc(Cn2nc(C(F)(F)C(F)(F)F)nc2C(F)(F)C(F)(F)C(F)(F)F)ccc1N. The van der Waals surface area contributed by atoms with Crippen LogP contribution in [0.15, 0.2) is 18.2 Å². The van der Waals surface area contributed by atoms with E-state index in [0.29, 0.717) is 0 Å². The summed E-state index contributed by atoms with van der Waals surface area (Å²) in [6.07, 6.45) is -13.3. The minimum Gasteiger partial charge on any atom is -0.399 e. The van der Waals surface area contributed by atoms with Crippen molar-refractivity contribution < 1.29 is 52.7 Å². The standard InChI is InChI=1S/C15H10F12N4/c1-6-4-7(2-3-8(6)28)5-31-10(12(18,19)13(20,21)15(25,26)27)29-9(30-31)11(16,17)14(22,23)24/h2-4H,5,28H2,1H3. The number of anilines is 1. The summed E-state index contributed by atoms with van der Waals surface area (Å²) in [6, 6.07) is 3.28. The van der Waals surface area contributed by atoms with Gasteiger partial charge in [-0.15, -0.1) is 5.10 Å². The Morgan fingerprint density at radius 2 is 1.39 bits per heavy atom. The number of halogens is 12. The highest BCUT2D eigenvalue weighted by Gasteiger charge is 2.76. The molecule has 2 aromatic rings. The quantitative estimate of drug-likeness (QED) is 0.481. The van der Waals surface area contributed by atoms with Gasteiger partial charge in [-0.25, -0.2) is 9.67 Å². The Morgan fingerprint density at radius 1 is 0.839 bits per heavy atom. The lowest BCUT2D eigenvalue weighted by molar-refractivity contribution is -0.362. The highest BCUT2D eigenvalue weighted by Crippen LogP contribution is 2.52. The number of nitrogens with zero attached hydrogens (tertiary/aromatic N) is 3. The van der Waals surface area contributed by atoms with Gasteiger partial charge in [0, 0.05) is 5.69 Å². The van der Waals surface area contributed by atoms with Crippen LogP contribution in [0.5, 0.6) is 0 Å². The second kappa shape index (κ2) is 7.19. The summed E-state index contributed by atoms with van der Waals surface area (Å²) in [7, 11) is 0. The molecule has 1 aromatic heterocycles. The molecule has 2 rings (SSSR count). The van der Waals surface area contributed by atoms with Gasteiger partial charge in [0.2, 0.25) is 11.6 Å². The Bertz CT molecular complexity index is 958. The number of nitrogen functional groups attached to an aromatic ring is 1. The number of benzene rings is 1. The summed E-state index contributed by atoms with van der Waals surface area (Å²) in [5, 5.41) is 2.48. The van der Waals surface area contributed by atoms with E-state index >= 15 is 0 Å². The van der Waals surface area contributed by atoms with E-state index in [4.69, 9.17) is 5.73 Å². The maximum atomic E-state index is 14.1. The van der Waals surface area contributed by atoms with E-state index in [1.807, 2.05) is 0 Å². The molecular weight excluding hydrogens is 464 g/mol. The number of rotatable bonds is 5. The Balaban J connectivity index is 2.72. The van der Waals surface area contributed by atoms with Crippen LogP contribution in [0.2, 0.25) is 0 Å². The smallest absolute Gasteiger partial charge is 0.399 e. The molecule has 0 saturated carbocycles. The second-order valence-electron chi connectivity index (χ2n) is 6.33. The molecule has 0 saturated heterocycles. The molecule has 0 atom stereocenters. The van der Waals surface area contributed by atoms with Crippen molar-refractivity contribution in [2.45, 2.75) is 43.6 Å². The number of nitrogens with two attached hydrogens (primary N) is 1. The third-order valence-electron chi connectivity index (χ3n) is 4.01. The Kier molecular flexibility index (Phi) is 5.70. The van der Waals surface area contributed by atoms with Gasteiger partial charge in [-0.05, 0) is 24.1 Å². The predicted molar refractivity (Wildman–Crippen MR) is 79.6 cm³/mol. The topological polar surface area (TPSA) is 56.7 Å². The molecule has 174 valence electrons. The summed E-state index contributed by atoms with van der Waals surface area (Å²) in [5.74, 6) is -24.7. The van der Waals surface area contributed by atoms with Crippen molar-refractivity contribution in [1.82, 2.24) is 14.8 Å². The number of alkyl halides is 12. The molecule has 2 N–H and O–H groups in total. The number of hydrogen-bond donors (Lipinski definition) is 1. The Hall–Kier alpha value is -2.68. The molecular formula is C15H10F12N4. The van der Waals surface area contributed by atoms with Crippen LogP contribution in [0.3, 0.4) is 0 Å². The average molecular weight is 474 g/mol. The number of aryl methyl sites for hydroxylation is 1. The Morgan fingerprint density at radius 3 is 1.84 bits per heavy atom. The maximum Gasteiger partial charge on any atom is 0.461 e. The minimum atomic E-state index is -6.89. The van der Waals surface area contributed by atoms with Crippen LogP contribution in [0.4, 0.5) is 58.4 Å². The third-order valence-corrected chi connectivity index (χ3v) is 4.01. The predicted octanol–water partition coefficient (Wildman–Crippen LogP) is 5.16. The summed E-state index contributed by atoms with van der Waals surface area (Å²) >= 11 is 0. The van der Waals surface area contributed by atoms with Crippen LogP contribution in [-0.4, -0.2) is 33.0 Å². The van der Waals surface area contributed by atoms with Gasteiger partial charge in [0.1, 0.15) is 0 Å². The van der Waals surface area contributed by atoms with Gasteiger partial charge in [-0.1, -0.05) is 12.1 Å². The van der Waals surface area contributed by atoms with Crippen LogP contribution in [-0.2, 0) is 18.4 Å². The molecule has 0 fully saturated rings. The first-order valence-electron chi connectivity index (χ1n) is 7.81. The zero-order valence-electron chi connectivity index (χ0n) is 14.9. The van der Waals surface area contributed by atoms with Gasteiger partial charge >= 0.3 is 30.1 Å². The second-order valence-corrected chi connectivity index (χ2v) is 6.33. The van der Waals surface area contributed by atoms with Crippen molar-refractivity contribution in [2.24, 2.45) is 0 Å². The van der Waals surface area contributed by atoms with Crippen LogP contribution in [0.25, 0.3) is 0 Å². The minimum absolute atomic E-state index is 0.140. The van der Waals surface area contributed by atoms with Gasteiger partial charge in [0.25, 0.3) is 0 Å². The monoisotopic (exact) mass is 474 g/mol. The fourth-order valence-electron chi connectivity index (χ4n) is 2.27. The molecule has 0 radical (unpaired) electrons. The summed E-state index contributed by atoms with van der Waals surface area (Å²) in [6.45, 7) is 0.178. The normalized spacial score (nSPS) is 14.2. The number of aromatic nitrogens is 3. The first kappa shape index (κ1) is 24.6. The molecule has 0 bridgehead atoms. The van der Waals surface area contributed by atoms with Crippen LogP contribution >= 0.6 is 0 Å². The highest BCUT2D eigenvalue weighted by atomic mass is 19.4. The van der Waals surface area contributed by atoms with Crippen molar-refractivity contribution in [2.75, 3.05) is 5.73 Å². The molecule has 0 unspecified atom stereocenters. The van der Waals surface area contributed by atoms with E-state index in [1.165, 1.54) is 6.92 Å². The summed E-state index contributed by atoms with van der Waals surface area (Å²) in [5.41, 5.74) is 5.70. The van der Waals surface area contributed by atoms with Gasteiger partial charge in [0.05, 0.1) is 6.54 Å². The molecule has 0 aliphatic carbocycles. The van der Waals surface area contributed by atoms with Crippen LogP contribution < -0.4 is 5.73 Å². The fraction of sp³-hybridized carbons (Fsp3) is 0.467. The van der Waals surface area contributed by atoms with E-state index in [1.54, 1.807) is 0 Å². The van der Waals surface area contributed by atoms with Crippen molar-refractivity contribution >= 4 is 5.69 Å².